The van der Waals surface area contributed by atoms with E-state index in [0.29, 0.717) is 6.42 Å². The number of aromatic hydroxyl groups is 1. The number of rotatable bonds is 16. The highest BCUT2D eigenvalue weighted by Gasteiger charge is 2.14. The van der Waals surface area contributed by atoms with Crippen molar-refractivity contribution in [3.8, 4) is 5.75 Å². The third-order valence-corrected chi connectivity index (χ3v) is 5.07. The molecule has 1 aromatic rings. The highest BCUT2D eigenvalue weighted by molar-refractivity contribution is 5.92. The molecule has 0 aliphatic carbocycles. The number of benzene rings is 1. The Morgan fingerprint density at radius 2 is 1.50 bits per heavy atom. The zero-order valence-corrected chi connectivity index (χ0v) is 17.4. The molecular weight excluding hydrogens is 352 g/mol. The van der Waals surface area contributed by atoms with Crippen LogP contribution in [0.25, 0.3) is 0 Å². The number of carboxylic acids is 1. The second-order valence-electron chi connectivity index (χ2n) is 7.73. The number of aliphatic hydroxyl groups is 1. The lowest BCUT2D eigenvalue weighted by atomic mass is 9.99. The maximum absolute atomic E-state index is 11.2. The van der Waals surface area contributed by atoms with Crippen molar-refractivity contribution in [2.24, 2.45) is 0 Å². The van der Waals surface area contributed by atoms with Gasteiger partial charge in [-0.3, -0.25) is 0 Å². The largest absolute Gasteiger partial charge is 0.507 e. The van der Waals surface area contributed by atoms with Crippen LogP contribution in [0.1, 0.15) is 99.9 Å². The molecule has 0 spiro atoms. The number of aryl methyl sites for hydroxylation is 1. The summed E-state index contributed by atoms with van der Waals surface area (Å²) in [5.74, 6) is -1.20. The Bertz CT molecular complexity index is 578. The average Bonchev–Trinajstić information content (AvgIpc) is 2.64. The molecule has 4 nitrogen and oxygen atoms in total. The van der Waals surface area contributed by atoms with Gasteiger partial charge in [-0.1, -0.05) is 62.8 Å². The number of carbonyl (C=O) groups is 1. The molecule has 0 heterocycles. The lowest BCUT2D eigenvalue weighted by Gasteiger charge is -2.07. The van der Waals surface area contributed by atoms with Gasteiger partial charge in [-0.15, -0.1) is 0 Å². The van der Waals surface area contributed by atoms with E-state index in [-0.39, 0.29) is 17.4 Å². The molecule has 1 atom stereocenters. The van der Waals surface area contributed by atoms with E-state index in [9.17, 15) is 20.1 Å². The van der Waals surface area contributed by atoms with Crippen molar-refractivity contribution in [1.82, 2.24) is 0 Å². The maximum Gasteiger partial charge on any atom is 0.339 e. The first-order chi connectivity index (χ1) is 13.5. The Balaban J connectivity index is 1.99. The number of carboxylic acid groups (broad SMARTS) is 1. The van der Waals surface area contributed by atoms with Gasteiger partial charge in [0, 0.05) is 0 Å². The normalized spacial score (nSPS) is 12.5. The summed E-state index contributed by atoms with van der Waals surface area (Å²) in [6, 6.07) is 4.93. The van der Waals surface area contributed by atoms with Crippen LogP contribution in [0.3, 0.4) is 0 Å². The third kappa shape index (κ3) is 11.1. The van der Waals surface area contributed by atoms with Crippen molar-refractivity contribution in [2.75, 3.05) is 0 Å². The number of hydrogen-bond acceptors (Lipinski definition) is 3. The molecule has 0 aliphatic heterocycles. The lowest BCUT2D eigenvalue weighted by Crippen LogP contribution is -2.03. The summed E-state index contributed by atoms with van der Waals surface area (Å²) in [7, 11) is 0. The minimum Gasteiger partial charge on any atom is -0.507 e. The van der Waals surface area contributed by atoms with Gasteiger partial charge in [0.25, 0.3) is 0 Å². The van der Waals surface area contributed by atoms with E-state index in [1.807, 2.05) is 6.92 Å². The van der Waals surface area contributed by atoms with Crippen LogP contribution in [-0.2, 0) is 6.42 Å². The molecule has 0 amide bonds. The molecule has 4 heteroatoms. The van der Waals surface area contributed by atoms with Crippen molar-refractivity contribution in [2.45, 2.75) is 96.5 Å². The first-order valence-electron chi connectivity index (χ1n) is 10.9. The Morgan fingerprint density at radius 3 is 2.11 bits per heavy atom. The van der Waals surface area contributed by atoms with Crippen LogP contribution in [0.5, 0.6) is 5.75 Å². The fourth-order valence-electron chi connectivity index (χ4n) is 3.44. The van der Waals surface area contributed by atoms with Crippen molar-refractivity contribution >= 4 is 5.97 Å². The van der Waals surface area contributed by atoms with Crippen molar-refractivity contribution in [3.63, 3.8) is 0 Å². The smallest absolute Gasteiger partial charge is 0.339 e. The van der Waals surface area contributed by atoms with Crippen LogP contribution in [-0.4, -0.2) is 27.4 Å². The predicted molar refractivity (Wildman–Crippen MR) is 115 cm³/mol. The molecule has 28 heavy (non-hydrogen) atoms. The van der Waals surface area contributed by atoms with Gasteiger partial charge in [0.15, 0.2) is 0 Å². The second kappa shape index (κ2) is 15.2. The van der Waals surface area contributed by atoms with Gasteiger partial charge in [-0.2, -0.15) is 0 Å². The minimum absolute atomic E-state index is 0.0515. The van der Waals surface area contributed by atoms with E-state index in [1.54, 1.807) is 12.1 Å². The molecule has 158 valence electrons. The second-order valence-corrected chi connectivity index (χ2v) is 7.73. The van der Waals surface area contributed by atoms with Crippen LogP contribution in [0.15, 0.2) is 30.4 Å². The molecule has 0 saturated carbocycles. The molecule has 0 radical (unpaired) electrons. The third-order valence-electron chi connectivity index (χ3n) is 5.07. The van der Waals surface area contributed by atoms with E-state index in [2.05, 4.69) is 12.2 Å². The molecular formula is C24H38O4. The summed E-state index contributed by atoms with van der Waals surface area (Å²) in [5.41, 5.74) is 0.775. The molecule has 0 bridgehead atoms. The van der Waals surface area contributed by atoms with Gasteiger partial charge in [0.05, 0.1) is 6.10 Å². The van der Waals surface area contributed by atoms with Crippen molar-refractivity contribution in [1.29, 1.82) is 0 Å². The van der Waals surface area contributed by atoms with Gasteiger partial charge in [0.1, 0.15) is 11.3 Å². The molecule has 1 unspecified atom stereocenters. The van der Waals surface area contributed by atoms with Crippen molar-refractivity contribution < 1.29 is 20.1 Å². The van der Waals surface area contributed by atoms with Gasteiger partial charge < -0.3 is 15.3 Å². The summed E-state index contributed by atoms with van der Waals surface area (Å²) < 4.78 is 0. The lowest BCUT2D eigenvalue weighted by molar-refractivity contribution is 0.0692. The summed E-state index contributed by atoms with van der Waals surface area (Å²) >= 11 is 0. The van der Waals surface area contributed by atoms with E-state index in [1.165, 1.54) is 44.6 Å². The summed E-state index contributed by atoms with van der Waals surface area (Å²) in [5, 5.41) is 28.1. The molecule has 1 rings (SSSR count). The zero-order valence-electron chi connectivity index (χ0n) is 17.4. The Hall–Kier alpha value is -1.81. The van der Waals surface area contributed by atoms with E-state index in [4.69, 9.17) is 0 Å². The van der Waals surface area contributed by atoms with E-state index in [0.717, 1.165) is 44.1 Å². The first kappa shape index (κ1) is 24.2. The number of phenols is 1. The summed E-state index contributed by atoms with van der Waals surface area (Å²) in [6.45, 7) is 1.85. The Labute approximate surface area is 170 Å². The minimum atomic E-state index is -1.06. The molecule has 3 N–H and O–H groups in total. The van der Waals surface area contributed by atoms with Crippen LogP contribution >= 0.6 is 0 Å². The predicted octanol–water partition coefficient (Wildman–Crippen LogP) is 6.25. The maximum atomic E-state index is 11.2. The molecule has 0 aliphatic rings. The van der Waals surface area contributed by atoms with Gasteiger partial charge in [0.2, 0.25) is 0 Å². The van der Waals surface area contributed by atoms with Gasteiger partial charge in [-0.05, 0) is 63.5 Å². The number of unbranched alkanes of at least 4 members (excludes halogenated alkanes) is 9. The fourth-order valence-corrected chi connectivity index (χ4v) is 3.44. The monoisotopic (exact) mass is 390 g/mol. The van der Waals surface area contributed by atoms with Crippen molar-refractivity contribution in [3.05, 3.63) is 41.5 Å². The fraction of sp³-hybridized carbons (Fsp3) is 0.625. The topological polar surface area (TPSA) is 77.8 Å². The molecule has 0 fully saturated rings. The zero-order chi connectivity index (χ0) is 20.6. The van der Waals surface area contributed by atoms with Crippen LogP contribution in [0, 0.1) is 0 Å². The van der Waals surface area contributed by atoms with E-state index < -0.39 is 5.97 Å². The SMILES string of the molecule is CC(O)CCCCCCC=CCCCCCCCc1cccc(O)c1C(=O)O. The summed E-state index contributed by atoms with van der Waals surface area (Å²) in [6.07, 6.45) is 18.8. The van der Waals surface area contributed by atoms with Crippen LogP contribution in [0.4, 0.5) is 0 Å². The number of hydrogen-bond donors (Lipinski definition) is 3. The highest BCUT2D eigenvalue weighted by atomic mass is 16.4. The van der Waals surface area contributed by atoms with E-state index >= 15 is 0 Å². The standard InChI is InChI=1S/C24H38O4/c1-20(25)16-13-11-9-7-5-3-2-4-6-8-10-12-14-17-21-18-15-19-22(26)23(21)24(27)28/h2-3,15,18-20,25-26H,4-14,16-17H2,1H3,(H,27,28). The quantitative estimate of drug-likeness (QED) is 0.230. The molecule has 1 aromatic carbocycles. The Morgan fingerprint density at radius 1 is 0.929 bits per heavy atom. The average molecular weight is 391 g/mol. The highest BCUT2D eigenvalue weighted by Crippen LogP contribution is 2.23. The summed E-state index contributed by atoms with van der Waals surface area (Å²) in [4.78, 5) is 11.2. The van der Waals surface area contributed by atoms with Gasteiger partial charge >= 0.3 is 5.97 Å². The number of allylic oxidation sites excluding steroid dienone is 2. The number of aliphatic hydroxyl groups excluding tert-OH is 1. The molecule has 0 saturated heterocycles. The molecule has 0 aromatic heterocycles. The van der Waals surface area contributed by atoms with Crippen LogP contribution in [0.2, 0.25) is 0 Å². The number of aromatic carboxylic acids is 1. The Kier molecular flexibility index (Phi) is 13.1. The first-order valence-corrected chi connectivity index (χ1v) is 10.9. The van der Waals surface area contributed by atoms with Crippen LogP contribution < -0.4 is 0 Å². The van der Waals surface area contributed by atoms with Gasteiger partial charge in [-0.25, -0.2) is 4.79 Å².